The summed E-state index contributed by atoms with van der Waals surface area (Å²) in [5.41, 5.74) is 0. The van der Waals surface area contributed by atoms with Gasteiger partial charge in [0.05, 0.1) is 6.61 Å². The van der Waals surface area contributed by atoms with Crippen molar-refractivity contribution >= 4 is 13.7 Å². The van der Waals surface area contributed by atoms with E-state index in [-0.39, 0.29) is 18.9 Å². The molecule has 1 amide bonds. The van der Waals surface area contributed by atoms with Gasteiger partial charge in [-0.1, -0.05) is 135 Å². The molecule has 0 fully saturated rings. The van der Waals surface area contributed by atoms with Crippen molar-refractivity contribution in [1.82, 2.24) is 10.2 Å². The van der Waals surface area contributed by atoms with Crippen molar-refractivity contribution in [2.45, 2.75) is 161 Å². The van der Waals surface area contributed by atoms with Crippen molar-refractivity contribution in [1.29, 1.82) is 0 Å². The van der Waals surface area contributed by atoms with Gasteiger partial charge in [-0.3, -0.25) is 13.8 Å². The molecule has 0 saturated heterocycles. The van der Waals surface area contributed by atoms with Gasteiger partial charge < -0.3 is 20.2 Å². The zero-order chi connectivity index (χ0) is 30.6. The highest BCUT2D eigenvalue weighted by Gasteiger charge is 2.31. The van der Waals surface area contributed by atoms with Crippen LogP contribution in [-0.2, 0) is 18.4 Å². The van der Waals surface area contributed by atoms with E-state index >= 15 is 0 Å². The molecule has 0 heterocycles. The van der Waals surface area contributed by atoms with E-state index < -0.39 is 20.2 Å². The minimum Gasteiger partial charge on any atom is -0.384 e. The average Bonchev–Trinajstić information content (AvgIpc) is 2.91. The van der Waals surface area contributed by atoms with Crippen LogP contribution in [0.2, 0.25) is 0 Å². The van der Waals surface area contributed by atoms with Gasteiger partial charge >= 0.3 is 7.82 Å². The van der Waals surface area contributed by atoms with E-state index in [1.807, 2.05) is 25.1 Å². The molecule has 0 aliphatic rings. The minimum absolute atomic E-state index is 0.00955. The third kappa shape index (κ3) is 27.8. The molecule has 0 bridgehead atoms. The predicted molar refractivity (Wildman–Crippen MR) is 171 cm³/mol. The first-order valence-electron chi connectivity index (χ1n) is 16.7. The summed E-state index contributed by atoms with van der Waals surface area (Å²) >= 11 is 0. The van der Waals surface area contributed by atoms with Gasteiger partial charge in [0, 0.05) is 13.0 Å². The Kier molecular flexibility index (Phi) is 27.5. The standard InChI is InChI=1S/C32H65N2O6P/c1-5-7-9-11-13-14-15-16-17-18-19-21-22-24-26-30(35)32(40-41(37,38)39-29-28-34(3)4)33-31(36)27-25-23-20-12-10-8-6-2/h24,26,30,32,35H,5-23,25,27-29H2,1-4H3,(H,33,36)(H,37,38). The van der Waals surface area contributed by atoms with E-state index in [1.54, 1.807) is 0 Å². The molecule has 0 spiro atoms. The number of hydrogen-bond donors (Lipinski definition) is 3. The summed E-state index contributed by atoms with van der Waals surface area (Å²) in [5, 5.41) is 13.3. The summed E-state index contributed by atoms with van der Waals surface area (Å²) in [6, 6.07) is 0. The number of aliphatic hydroxyl groups excluding tert-OH is 1. The first-order chi connectivity index (χ1) is 19.7. The maximum Gasteiger partial charge on any atom is 0.474 e. The van der Waals surface area contributed by atoms with Gasteiger partial charge in [-0.15, -0.1) is 0 Å². The van der Waals surface area contributed by atoms with E-state index in [2.05, 4.69) is 19.2 Å². The number of amides is 1. The first kappa shape index (κ1) is 40.2. The quantitative estimate of drug-likeness (QED) is 0.0328. The Morgan fingerprint density at radius 1 is 0.805 bits per heavy atom. The maximum absolute atomic E-state index is 12.5. The number of carbonyl (C=O) groups excluding carboxylic acids is 1. The zero-order valence-electron chi connectivity index (χ0n) is 27.0. The molecular weight excluding hydrogens is 539 g/mol. The fourth-order valence-electron chi connectivity index (χ4n) is 4.60. The fourth-order valence-corrected chi connectivity index (χ4v) is 5.44. The van der Waals surface area contributed by atoms with E-state index in [4.69, 9.17) is 9.05 Å². The van der Waals surface area contributed by atoms with Crippen LogP contribution in [0.4, 0.5) is 0 Å². The number of phosphoric ester groups is 1. The second-order valence-corrected chi connectivity index (χ2v) is 13.1. The van der Waals surface area contributed by atoms with E-state index in [1.165, 1.54) is 96.0 Å². The van der Waals surface area contributed by atoms with Gasteiger partial charge in [-0.25, -0.2) is 4.57 Å². The molecular formula is C32H65N2O6P. The summed E-state index contributed by atoms with van der Waals surface area (Å²) in [7, 11) is -0.823. The molecule has 8 nitrogen and oxygen atoms in total. The monoisotopic (exact) mass is 604 g/mol. The Morgan fingerprint density at radius 3 is 1.76 bits per heavy atom. The van der Waals surface area contributed by atoms with Crippen molar-refractivity contribution in [2.75, 3.05) is 27.2 Å². The van der Waals surface area contributed by atoms with Crippen molar-refractivity contribution in [2.24, 2.45) is 0 Å². The van der Waals surface area contributed by atoms with Crippen molar-refractivity contribution in [3.63, 3.8) is 0 Å². The SMILES string of the molecule is CCCCCCCCCCCCCCC=CC(O)C(NC(=O)CCCCCCCCC)OP(=O)(O)OCCN(C)C. The molecule has 0 aliphatic carbocycles. The van der Waals surface area contributed by atoms with E-state index in [0.29, 0.717) is 6.54 Å². The number of likely N-dealkylation sites (N-methyl/N-ethyl adjacent to an activating group) is 1. The summed E-state index contributed by atoms with van der Waals surface area (Å²) in [6.45, 7) is 4.86. The molecule has 3 atom stereocenters. The molecule has 0 saturated carbocycles. The van der Waals surface area contributed by atoms with Gasteiger partial charge in [0.2, 0.25) is 5.91 Å². The molecule has 244 valence electrons. The summed E-state index contributed by atoms with van der Waals surface area (Å²) in [5.74, 6) is -0.315. The Morgan fingerprint density at radius 2 is 1.27 bits per heavy atom. The molecule has 0 aromatic carbocycles. The largest absolute Gasteiger partial charge is 0.474 e. The highest BCUT2D eigenvalue weighted by Crippen LogP contribution is 2.44. The zero-order valence-corrected chi connectivity index (χ0v) is 27.9. The number of rotatable bonds is 30. The molecule has 0 radical (unpaired) electrons. The van der Waals surface area contributed by atoms with E-state index in [9.17, 15) is 19.4 Å². The van der Waals surface area contributed by atoms with Crippen LogP contribution in [0, 0.1) is 0 Å². The lowest BCUT2D eigenvalue weighted by molar-refractivity contribution is -0.125. The van der Waals surface area contributed by atoms with E-state index in [0.717, 1.165) is 38.5 Å². The summed E-state index contributed by atoms with van der Waals surface area (Å²) in [4.78, 5) is 24.5. The summed E-state index contributed by atoms with van der Waals surface area (Å²) < 4.78 is 22.8. The van der Waals surface area contributed by atoms with Crippen LogP contribution in [0.5, 0.6) is 0 Å². The number of unbranched alkanes of at least 4 members (excludes halogenated alkanes) is 18. The van der Waals surface area contributed by atoms with Crippen LogP contribution < -0.4 is 5.32 Å². The Balaban J connectivity index is 4.48. The average molecular weight is 605 g/mol. The van der Waals surface area contributed by atoms with Crippen LogP contribution in [0.3, 0.4) is 0 Å². The third-order valence-corrected chi connectivity index (χ3v) is 8.22. The highest BCUT2D eigenvalue weighted by atomic mass is 31.2. The van der Waals surface area contributed by atoms with Gasteiger partial charge in [0.25, 0.3) is 0 Å². The van der Waals surface area contributed by atoms with Crippen molar-refractivity contribution < 1.29 is 28.4 Å². The first-order valence-corrected chi connectivity index (χ1v) is 18.2. The smallest absolute Gasteiger partial charge is 0.384 e. The highest BCUT2D eigenvalue weighted by molar-refractivity contribution is 7.47. The molecule has 41 heavy (non-hydrogen) atoms. The topological polar surface area (TPSA) is 108 Å². The predicted octanol–water partition coefficient (Wildman–Crippen LogP) is 8.27. The maximum atomic E-state index is 12.5. The summed E-state index contributed by atoms with van der Waals surface area (Å²) in [6.07, 6.45) is 24.8. The van der Waals surface area contributed by atoms with Crippen LogP contribution in [0.25, 0.3) is 0 Å². The second kappa shape index (κ2) is 28.0. The third-order valence-electron chi connectivity index (χ3n) is 7.22. The fraction of sp³-hybridized carbons (Fsp3) is 0.906. The number of nitrogens with zero attached hydrogens (tertiary/aromatic N) is 1. The van der Waals surface area contributed by atoms with Crippen molar-refractivity contribution in [3.05, 3.63) is 12.2 Å². The van der Waals surface area contributed by atoms with Gasteiger partial charge in [-0.05, 0) is 33.4 Å². The van der Waals surface area contributed by atoms with Gasteiger partial charge in [0.1, 0.15) is 6.10 Å². The molecule has 0 aliphatic heterocycles. The number of aliphatic hydroxyl groups is 1. The molecule has 0 rings (SSSR count). The Bertz CT molecular complexity index is 677. The normalized spacial score (nSPS) is 14.9. The number of carbonyl (C=O) groups is 1. The number of allylic oxidation sites excluding steroid dienone is 1. The van der Waals surface area contributed by atoms with Gasteiger partial charge in [0.15, 0.2) is 6.23 Å². The lowest BCUT2D eigenvalue weighted by atomic mass is 10.0. The number of nitrogens with one attached hydrogen (secondary N) is 1. The Labute approximate surface area is 252 Å². The van der Waals surface area contributed by atoms with Crippen LogP contribution in [0.15, 0.2) is 12.2 Å². The molecule has 3 N–H and O–H groups in total. The molecule has 9 heteroatoms. The van der Waals surface area contributed by atoms with Crippen LogP contribution >= 0.6 is 7.82 Å². The molecule has 0 aromatic heterocycles. The second-order valence-electron chi connectivity index (χ2n) is 11.7. The lowest BCUT2D eigenvalue weighted by Crippen LogP contribution is -2.44. The van der Waals surface area contributed by atoms with Crippen molar-refractivity contribution in [3.8, 4) is 0 Å². The minimum atomic E-state index is -4.47. The number of hydrogen-bond acceptors (Lipinski definition) is 6. The van der Waals surface area contributed by atoms with Crippen LogP contribution in [-0.4, -0.2) is 60.4 Å². The number of phosphoric acid groups is 1. The Hall–Kier alpha value is -0.760. The molecule has 0 aromatic rings. The molecule has 3 unspecified atom stereocenters. The van der Waals surface area contributed by atoms with Crippen LogP contribution in [0.1, 0.15) is 149 Å². The lowest BCUT2D eigenvalue weighted by Gasteiger charge is -2.24. The van der Waals surface area contributed by atoms with Gasteiger partial charge in [-0.2, -0.15) is 0 Å².